The van der Waals surface area contributed by atoms with E-state index in [2.05, 4.69) is 9.97 Å². The average molecular weight is 433 g/mol. The van der Waals surface area contributed by atoms with Crippen molar-refractivity contribution in [1.82, 2.24) is 9.97 Å². The quantitative estimate of drug-likeness (QED) is 0.394. The first kappa shape index (κ1) is 25.7. The molecule has 0 spiro atoms. The van der Waals surface area contributed by atoms with E-state index < -0.39 is 11.9 Å². The number of rotatable bonds is 11. The second-order valence-electron chi connectivity index (χ2n) is 4.97. The Balaban J connectivity index is 0.00000364. The summed E-state index contributed by atoms with van der Waals surface area (Å²) < 4.78 is 20.7. The summed E-state index contributed by atoms with van der Waals surface area (Å²) in [6, 6.07) is 6.33. The Morgan fingerprint density at radius 1 is 0.607 bits per heavy atom. The van der Waals surface area contributed by atoms with Crippen LogP contribution in [-0.4, -0.2) is 61.5 Å². The van der Waals surface area contributed by atoms with Gasteiger partial charge in [0.15, 0.2) is 0 Å². The number of aromatic nitrogens is 2. The number of esters is 2. The van der Waals surface area contributed by atoms with Crippen LogP contribution in [0.3, 0.4) is 0 Å². The predicted molar refractivity (Wildman–Crippen MR) is 105 cm³/mol. The van der Waals surface area contributed by atoms with Gasteiger partial charge in [-0.05, 0) is 24.3 Å². The number of halogens is 2. The molecule has 0 aromatic carbocycles. The van der Waals surface area contributed by atoms with Gasteiger partial charge in [-0.15, -0.1) is 24.8 Å². The number of ether oxygens (including phenoxy) is 4. The Morgan fingerprint density at radius 2 is 0.929 bits per heavy atom. The molecule has 0 atom stereocenters. The summed E-state index contributed by atoms with van der Waals surface area (Å²) in [5, 5.41) is 0. The smallest absolute Gasteiger partial charge is 0.338 e. The number of carbonyl (C=O) groups excluding carboxylic acids is 2. The van der Waals surface area contributed by atoms with E-state index in [9.17, 15) is 9.59 Å². The van der Waals surface area contributed by atoms with E-state index in [0.29, 0.717) is 24.3 Å². The lowest BCUT2D eigenvalue weighted by atomic mass is 10.3. The highest BCUT2D eigenvalue weighted by Crippen LogP contribution is 2.00. The van der Waals surface area contributed by atoms with Gasteiger partial charge in [0.1, 0.15) is 13.2 Å². The van der Waals surface area contributed by atoms with Gasteiger partial charge < -0.3 is 18.9 Å². The highest BCUT2D eigenvalue weighted by molar-refractivity contribution is 5.89. The van der Waals surface area contributed by atoms with Crippen LogP contribution in [0.2, 0.25) is 0 Å². The van der Waals surface area contributed by atoms with Gasteiger partial charge in [-0.3, -0.25) is 9.97 Å². The first-order valence-corrected chi connectivity index (χ1v) is 8.07. The Hall–Kier alpha value is -2.26. The molecule has 0 saturated carbocycles. The first-order valence-electron chi connectivity index (χ1n) is 8.07. The van der Waals surface area contributed by atoms with Gasteiger partial charge in [0.05, 0.1) is 37.6 Å². The lowest BCUT2D eigenvalue weighted by molar-refractivity contribution is 0.00229. The molecule has 0 aliphatic rings. The van der Waals surface area contributed by atoms with Crippen LogP contribution in [0.15, 0.2) is 49.1 Å². The highest BCUT2D eigenvalue weighted by atomic mass is 35.5. The fourth-order valence-electron chi connectivity index (χ4n) is 1.85. The molecular weight excluding hydrogens is 411 g/mol. The standard InChI is InChI=1S/C18H20N2O6.2ClH/c21-17(15-1-5-19-6-2-15)25-13-11-23-9-10-24-12-14-26-18(22)16-3-7-20-8-4-16;;/h1-8H,9-14H2;2*1H. The lowest BCUT2D eigenvalue weighted by Gasteiger charge is -2.07. The Morgan fingerprint density at radius 3 is 1.29 bits per heavy atom. The Kier molecular flexibility index (Phi) is 14.5. The molecule has 0 radical (unpaired) electrons. The molecule has 2 aromatic rings. The maximum atomic E-state index is 11.6. The largest absolute Gasteiger partial charge is 0.460 e. The molecule has 0 saturated heterocycles. The highest BCUT2D eigenvalue weighted by Gasteiger charge is 2.06. The SMILES string of the molecule is Cl.Cl.O=C(OCCOCCOCCOC(=O)c1ccncc1)c1ccncc1. The molecule has 0 aliphatic heterocycles. The van der Waals surface area contributed by atoms with Crippen molar-refractivity contribution < 1.29 is 28.5 Å². The van der Waals surface area contributed by atoms with Crippen molar-refractivity contribution in [3.05, 3.63) is 60.2 Å². The zero-order chi connectivity index (χ0) is 18.5. The second-order valence-corrected chi connectivity index (χ2v) is 4.97. The molecule has 28 heavy (non-hydrogen) atoms. The van der Waals surface area contributed by atoms with Crippen LogP contribution in [-0.2, 0) is 18.9 Å². The minimum absolute atomic E-state index is 0. The molecule has 0 unspecified atom stereocenters. The number of hydrogen-bond acceptors (Lipinski definition) is 8. The molecule has 2 aromatic heterocycles. The molecule has 0 N–H and O–H groups in total. The van der Waals surface area contributed by atoms with Gasteiger partial charge in [-0.1, -0.05) is 0 Å². The molecule has 0 bridgehead atoms. The summed E-state index contributed by atoms with van der Waals surface area (Å²) >= 11 is 0. The first-order chi connectivity index (χ1) is 12.8. The molecule has 154 valence electrons. The molecule has 2 heterocycles. The van der Waals surface area contributed by atoms with Gasteiger partial charge in [0, 0.05) is 24.8 Å². The molecule has 0 fully saturated rings. The fraction of sp³-hybridized carbons (Fsp3) is 0.333. The maximum absolute atomic E-state index is 11.6. The van der Waals surface area contributed by atoms with E-state index in [1.165, 1.54) is 24.8 Å². The van der Waals surface area contributed by atoms with Crippen LogP contribution < -0.4 is 0 Å². The molecule has 0 aliphatic carbocycles. The third-order valence-corrected chi connectivity index (χ3v) is 3.13. The molecule has 2 rings (SSSR count). The van der Waals surface area contributed by atoms with Crippen LogP contribution in [0, 0.1) is 0 Å². The van der Waals surface area contributed by atoms with E-state index >= 15 is 0 Å². The summed E-state index contributed by atoms with van der Waals surface area (Å²) in [5.41, 5.74) is 0.897. The Labute approximate surface area is 175 Å². The van der Waals surface area contributed by atoms with Crippen LogP contribution in [0.4, 0.5) is 0 Å². The van der Waals surface area contributed by atoms with Gasteiger partial charge in [0.25, 0.3) is 0 Å². The second kappa shape index (κ2) is 15.8. The number of pyridine rings is 2. The van der Waals surface area contributed by atoms with Crippen LogP contribution in [0.1, 0.15) is 20.7 Å². The monoisotopic (exact) mass is 432 g/mol. The number of nitrogens with zero attached hydrogens (tertiary/aromatic N) is 2. The van der Waals surface area contributed by atoms with E-state index in [0.717, 1.165) is 0 Å². The van der Waals surface area contributed by atoms with Crippen molar-refractivity contribution in [2.24, 2.45) is 0 Å². The third-order valence-electron chi connectivity index (χ3n) is 3.13. The summed E-state index contributed by atoms with van der Waals surface area (Å²) in [6.07, 6.45) is 6.11. The van der Waals surface area contributed by atoms with Crippen molar-refractivity contribution in [2.75, 3.05) is 39.6 Å². The van der Waals surface area contributed by atoms with Crippen LogP contribution >= 0.6 is 24.8 Å². The summed E-state index contributed by atoms with van der Waals surface area (Å²) in [6.45, 7) is 1.57. The zero-order valence-corrected chi connectivity index (χ0v) is 16.7. The van der Waals surface area contributed by atoms with Gasteiger partial charge in [-0.2, -0.15) is 0 Å². The Bertz CT molecular complexity index is 617. The van der Waals surface area contributed by atoms with Crippen LogP contribution in [0.5, 0.6) is 0 Å². The zero-order valence-electron chi connectivity index (χ0n) is 15.0. The molecule has 10 heteroatoms. The van der Waals surface area contributed by atoms with Gasteiger partial charge >= 0.3 is 11.9 Å². The van der Waals surface area contributed by atoms with Crippen molar-refractivity contribution in [2.45, 2.75) is 0 Å². The van der Waals surface area contributed by atoms with Crippen LogP contribution in [0.25, 0.3) is 0 Å². The molecule has 8 nitrogen and oxygen atoms in total. The maximum Gasteiger partial charge on any atom is 0.338 e. The third kappa shape index (κ3) is 10.2. The molecular formula is C18H22Cl2N2O6. The summed E-state index contributed by atoms with van der Waals surface area (Å²) in [4.78, 5) is 30.9. The minimum Gasteiger partial charge on any atom is -0.460 e. The van der Waals surface area contributed by atoms with E-state index in [4.69, 9.17) is 18.9 Å². The number of carbonyl (C=O) groups is 2. The van der Waals surface area contributed by atoms with Crippen molar-refractivity contribution in [3.63, 3.8) is 0 Å². The molecule has 0 amide bonds. The van der Waals surface area contributed by atoms with E-state index in [1.807, 2.05) is 0 Å². The van der Waals surface area contributed by atoms with Crippen molar-refractivity contribution >= 4 is 36.8 Å². The predicted octanol–water partition coefficient (Wildman–Crippen LogP) is 2.37. The van der Waals surface area contributed by atoms with Gasteiger partial charge in [0.2, 0.25) is 0 Å². The lowest BCUT2D eigenvalue weighted by Crippen LogP contribution is -2.15. The summed E-state index contributed by atoms with van der Waals surface area (Å²) in [7, 11) is 0. The average Bonchev–Trinajstić information content (AvgIpc) is 2.70. The van der Waals surface area contributed by atoms with Crippen molar-refractivity contribution in [1.29, 1.82) is 0 Å². The van der Waals surface area contributed by atoms with E-state index in [-0.39, 0.29) is 51.2 Å². The van der Waals surface area contributed by atoms with Gasteiger partial charge in [-0.25, -0.2) is 9.59 Å². The number of hydrogen-bond donors (Lipinski definition) is 0. The van der Waals surface area contributed by atoms with Crippen molar-refractivity contribution in [3.8, 4) is 0 Å². The van der Waals surface area contributed by atoms with E-state index in [1.54, 1.807) is 24.3 Å². The topological polar surface area (TPSA) is 96.8 Å². The normalized spacial score (nSPS) is 9.57. The minimum atomic E-state index is -0.414. The summed E-state index contributed by atoms with van der Waals surface area (Å²) in [5.74, 6) is -0.827. The fourth-order valence-corrected chi connectivity index (χ4v) is 1.85.